The van der Waals surface area contributed by atoms with E-state index in [2.05, 4.69) is 5.32 Å². The molecule has 3 N–H and O–H groups in total. The Morgan fingerprint density at radius 1 is 1.15 bits per heavy atom. The van der Waals surface area contributed by atoms with Crippen LogP contribution in [0.25, 0.3) is 0 Å². The van der Waals surface area contributed by atoms with E-state index in [1.54, 1.807) is 0 Å². The second-order valence-corrected chi connectivity index (χ2v) is 3.96. The average molecular weight is 187 g/mol. The monoisotopic (exact) mass is 187 g/mol. The van der Waals surface area contributed by atoms with Crippen LogP contribution < -0.4 is 5.32 Å². The lowest BCUT2D eigenvalue weighted by Gasteiger charge is -2.25. The summed E-state index contributed by atoms with van der Waals surface area (Å²) < 4.78 is 0. The predicted molar refractivity (Wildman–Crippen MR) is 52.5 cm³/mol. The van der Waals surface area contributed by atoms with Crippen LogP contribution in [0, 0.1) is 5.92 Å². The molecule has 0 radical (unpaired) electrons. The van der Waals surface area contributed by atoms with Crippen LogP contribution in [0.4, 0.5) is 0 Å². The van der Waals surface area contributed by atoms with Gasteiger partial charge in [0, 0.05) is 6.61 Å². The summed E-state index contributed by atoms with van der Waals surface area (Å²) in [5, 5.41) is 21.2. The van der Waals surface area contributed by atoms with Crippen LogP contribution in [0.3, 0.4) is 0 Å². The third-order valence-corrected chi connectivity index (χ3v) is 2.76. The highest BCUT2D eigenvalue weighted by molar-refractivity contribution is 4.72. The first-order chi connectivity index (χ1) is 6.33. The average Bonchev–Trinajstić information content (AvgIpc) is 2.15. The molecule has 0 aromatic rings. The fraction of sp³-hybridized carbons (Fsp3) is 1.00. The van der Waals surface area contributed by atoms with Crippen LogP contribution in [0.1, 0.15) is 32.1 Å². The van der Waals surface area contributed by atoms with Gasteiger partial charge in [0.15, 0.2) is 0 Å². The highest BCUT2D eigenvalue weighted by atomic mass is 16.3. The lowest BCUT2D eigenvalue weighted by atomic mass is 9.87. The van der Waals surface area contributed by atoms with E-state index in [0.29, 0.717) is 0 Å². The van der Waals surface area contributed by atoms with E-state index in [9.17, 15) is 5.11 Å². The number of rotatable bonds is 5. The van der Waals surface area contributed by atoms with E-state index in [0.717, 1.165) is 51.1 Å². The van der Waals surface area contributed by atoms with E-state index in [1.165, 1.54) is 0 Å². The maximum atomic E-state index is 9.28. The molecule has 0 amide bonds. The molecule has 0 saturated heterocycles. The Kier molecular flexibility index (Phi) is 5.35. The first-order valence-electron chi connectivity index (χ1n) is 5.32. The fourth-order valence-corrected chi connectivity index (χ4v) is 1.86. The molecule has 0 heterocycles. The van der Waals surface area contributed by atoms with Crippen LogP contribution >= 0.6 is 0 Å². The summed E-state index contributed by atoms with van der Waals surface area (Å²) in [5.74, 6) is 0.738. The molecule has 1 saturated carbocycles. The molecule has 0 bridgehead atoms. The summed E-state index contributed by atoms with van der Waals surface area (Å²) in [6.45, 7) is 2.23. The normalized spacial score (nSPS) is 29.1. The van der Waals surface area contributed by atoms with Crippen molar-refractivity contribution in [2.45, 2.75) is 38.2 Å². The van der Waals surface area contributed by atoms with Crippen LogP contribution in [0.15, 0.2) is 0 Å². The Balaban J connectivity index is 1.96. The van der Waals surface area contributed by atoms with Crippen molar-refractivity contribution in [2.24, 2.45) is 5.92 Å². The summed E-state index contributed by atoms with van der Waals surface area (Å²) in [6, 6.07) is 0. The van der Waals surface area contributed by atoms with Gasteiger partial charge in [0.25, 0.3) is 0 Å². The highest BCUT2D eigenvalue weighted by Crippen LogP contribution is 2.23. The maximum absolute atomic E-state index is 9.28. The van der Waals surface area contributed by atoms with E-state index in [1.807, 2.05) is 0 Å². The number of aliphatic hydroxyl groups is 2. The Hall–Kier alpha value is -0.120. The van der Waals surface area contributed by atoms with Crippen LogP contribution in [-0.2, 0) is 0 Å². The van der Waals surface area contributed by atoms with Gasteiger partial charge in [-0.15, -0.1) is 0 Å². The van der Waals surface area contributed by atoms with Gasteiger partial charge in [0.1, 0.15) is 0 Å². The number of hydrogen-bond donors (Lipinski definition) is 3. The first-order valence-corrected chi connectivity index (χ1v) is 5.32. The van der Waals surface area contributed by atoms with Crippen molar-refractivity contribution < 1.29 is 10.2 Å². The van der Waals surface area contributed by atoms with Gasteiger partial charge in [-0.1, -0.05) is 0 Å². The SMILES string of the molecule is OCCCNCC1CCC(O)CC1. The summed E-state index contributed by atoms with van der Waals surface area (Å²) in [4.78, 5) is 0. The number of aliphatic hydroxyl groups excluding tert-OH is 2. The molecule has 0 atom stereocenters. The highest BCUT2D eigenvalue weighted by Gasteiger charge is 2.18. The zero-order chi connectivity index (χ0) is 9.52. The summed E-state index contributed by atoms with van der Waals surface area (Å²) in [5.41, 5.74) is 0. The lowest BCUT2D eigenvalue weighted by Crippen LogP contribution is -2.28. The van der Waals surface area contributed by atoms with Gasteiger partial charge in [-0.3, -0.25) is 0 Å². The second kappa shape index (κ2) is 6.35. The van der Waals surface area contributed by atoms with E-state index in [4.69, 9.17) is 5.11 Å². The molecular weight excluding hydrogens is 166 g/mol. The summed E-state index contributed by atoms with van der Waals surface area (Å²) in [6.07, 6.45) is 5.02. The van der Waals surface area contributed by atoms with Crippen molar-refractivity contribution in [2.75, 3.05) is 19.7 Å². The zero-order valence-electron chi connectivity index (χ0n) is 8.21. The summed E-state index contributed by atoms with van der Waals surface area (Å²) in [7, 11) is 0. The van der Waals surface area contributed by atoms with Gasteiger partial charge in [-0.25, -0.2) is 0 Å². The Labute approximate surface area is 80.2 Å². The molecule has 1 aliphatic rings. The number of nitrogens with one attached hydrogen (secondary N) is 1. The fourth-order valence-electron chi connectivity index (χ4n) is 1.86. The van der Waals surface area contributed by atoms with Gasteiger partial charge >= 0.3 is 0 Å². The Bertz CT molecular complexity index is 122. The van der Waals surface area contributed by atoms with Crippen molar-refractivity contribution in [3.05, 3.63) is 0 Å². The largest absolute Gasteiger partial charge is 0.396 e. The molecule has 1 rings (SSSR count). The van der Waals surface area contributed by atoms with Gasteiger partial charge in [-0.2, -0.15) is 0 Å². The molecular formula is C10H21NO2. The molecule has 1 fully saturated rings. The molecule has 1 aliphatic carbocycles. The van der Waals surface area contributed by atoms with E-state index in [-0.39, 0.29) is 12.7 Å². The van der Waals surface area contributed by atoms with Gasteiger partial charge in [-0.05, 0) is 51.1 Å². The van der Waals surface area contributed by atoms with Crippen LogP contribution in [0.5, 0.6) is 0 Å². The molecule has 0 unspecified atom stereocenters. The minimum Gasteiger partial charge on any atom is -0.396 e. The van der Waals surface area contributed by atoms with Crippen molar-refractivity contribution in [3.8, 4) is 0 Å². The maximum Gasteiger partial charge on any atom is 0.0540 e. The van der Waals surface area contributed by atoms with Crippen molar-refractivity contribution in [3.63, 3.8) is 0 Å². The second-order valence-electron chi connectivity index (χ2n) is 3.96. The molecule has 78 valence electrons. The van der Waals surface area contributed by atoms with Crippen molar-refractivity contribution in [1.82, 2.24) is 5.32 Å². The third kappa shape index (κ3) is 4.60. The summed E-state index contributed by atoms with van der Waals surface area (Å²) >= 11 is 0. The van der Waals surface area contributed by atoms with Crippen molar-refractivity contribution in [1.29, 1.82) is 0 Å². The first kappa shape index (κ1) is 11.0. The third-order valence-electron chi connectivity index (χ3n) is 2.76. The van der Waals surface area contributed by atoms with E-state index < -0.39 is 0 Å². The van der Waals surface area contributed by atoms with Gasteiger partial charge in [0.2, 0.25) is 0 Å². The minimum absolute atomic E-state index is 0.0475. The molecule has 3 heteroatoms. The number of hydrogen-bond acceptors (Lipinski definition) is 3. The Morgan fingerprint density at radius 2 is 1.85 bits per heavy atom. The Morgan fingerprint density at radius 3 is 2.46 bits per heavy atom. The topological polar surface area (TPSA) is 52.5 Å². The quantitative estimate of drug-likeness (QED) is 0.550. The molecule has 13 heavy (non-hydrogen) atoms. The zero-order valence-corrected chi connectivity index (χ0v) is 8.21. The molecule has 0 spiro atoms. The minimum atomic E-state index is -0.0475. The predicted octanol–water partition coefficient (Wildman–Crippen LogP) is 0.509. The molecule has 0 aliphatic heterocycles. The van der Waals surface area contributed by atoms with Crippen LogP contribution in [0.2, 0.25) is 0 Å². The van der Waals surface area contributed by atoms with Crippen molar-refractivity contribution >= 4 is 0 Å². The smallest absolute Gasteiger partial charge is 0.0540 e. The van der Waals surface area contributed by atoms with E-state index >= 15 is 0 Å². The molecule has 0 aromatic carbocycles. The van der Waals surface area contributed by atoms with Crippen LogP contribution in [-0.4, -0.2) is 36.0 Å². The van der Waals surface area contributed by atoms with Gasteiger partial charge < -0.3 is 15.5 Å². The lowest BCUT2D eigenvalue weighted by molar-refractivity contribution is 0.108. The molecule has 3 nitrogen and oxygen atoms in total. The van der Waals surface area contributed by atoms with Gasteiger partial charge in [0.05, 0.1) is 6.10 Å². The molecule has 0 aromatic heterocycles. The standard InChI is InChI=1S/C10H21NO2/c12-7-1-6-11-8-9-2-4-10(13)5-3-9/h9-13H,1-8H2.